The summed E-state index contributed by atoms with van der Waals surface area (Å²) in [6.07, 6.45) is 0. The van der Waals surface area contributed by atoms with Crippen LogP contribution in [0.4, 0.5) is 0 Å². The minimum absolute atomic E-state index is 0.323. The highest BCUT2D eigenvalue weighted by molar-refractivity contribution is 5.86. The molecule has 0 aliphatic rings. The quantitative estimate of drug-likeness (QED) is 0.486. The first-order valence-electron chi connectivity index (χ1n) is 5.12. The molecule has 6 nitrogen and oxygen atoms in total. The van der Waals surface area contributed by atoms with Crippen LogP contribution in [0, 0.1) is 0 Å². The molecule has 1 unspecified atom stereocenters. The fourth-order valence-electron chi connectivity index (χ4n) is 1.07. The van der Waals surface area contributed by atoms with E-state index in [1.165, 1.54) is 0 Å². The minimum Gasteiger partial charge on any atom is -0.479 e. The number of amides is 1. The summed E-state index contributed by atoms with van der Waals surface area (Å²) in [6.45, 7) is 6.66. The molecule has 0 heterocycles. The van der Waals surface area contributed by atoms with Gasteiger partial charge in [0.05, 0.1) is 12.1 Å². The molecule has 4 N–H and O–H groups in total. The Labute approximate surface area is 95.0 Å². The van der Waals surface area contributed by atoms with E-state index in [1.54, 1.807) is 13.8 Å². The van der Waals surface area contributed by atoms with Crippen molar-refractivity contribution >= 4 is 11.9 Å². The predicted octanol–water partition coefficient (Wildman–Crippen LogP) is -0.674. The van der Waals surface area contributed by atoms with Crippen LogP contribution < -0.4 is 10.6 Å². The summed E-state index contributed by atoms with van der Waals surface area (Å²) in [4.78, 5) is 22.2. The highest BCUT2D eigenvalue weighted by Crippen LogP contribution is 2.05. The molecule has 1 amide bonds. The summed E-state index contributed by atoms with van der Waals surface area (Å²) >= 11 is 0. The molecule has 94 valence electrons. The number of hydrogen-bond acceptors (Lipinski definition) is 4. The van der Waals surface area contributed by atoms with Gasteiger partial charge in [-0.15, -0.1) is 0 Å². The average molecular weight is 232 g/mol. The van der Waals surface area contributed by atoms with Crippen LogP contribution in [-0.4, -0.2) is 46.3 Å². The lowest BCUT2D eigenvalue weighted by Crippen LogP contribution is -2.56. The van der Waals surface area contributed by atoms with Crippen molar-refractivity contribution < 1.29 is 19.8 Å². The highest BCUT2D eigenvalue weighted by atomic mass is 16.4. The Kier molecular flexibility index (Phi) is 4.89. The molecule has 0 aromatic heterocycles. The van der Waals surface area contributed by atoms with E-state index in [2.05, 4.69) is 10.6 Å². The molecule has 0 aromatic carbocycles. The number of aliphatic hydroxyl groups is 1. The van der Waals surface area contributed by atoms with Crippen molar-refractivity contribution in [1.82, 2.24) is 10.6 Å². The summed E-state index contributed by atoms with van der Waals surface area (Å²) in [6, 6.07) is 0. The van der Waals surface area contributed by atoms with Gasteiger partial charge in [0.15, 0.2) is 5.60 Å². The third kappa shape index (κ3) is 4.16. The molecule has 0 fully saturated rings. The zero-order valence-electron chi connectivity index (χ0n) is 10.1. The van der Waals surface area contributed by atoms with Gasteiger partial charge in [-0.1, -0.05) is 6.92 Å². The number of carboxylic acids is 1. The first-order valence-corrected chi connectivity index (χ1v) is 5.12. The summed E-state index contributed by atoms with van der Waals surface area (Å²) < 4.78 is 0. The smallest absolute Gasteiger partial charge is 0.337 e. The van der Waals surface area contributed by atoms with Crippen molar-refractivity contribution in [1.29, 1.82) is 0 Å². The van der Waals surface area contributed by atoms with Crippen molar-refractivity contribution in [2.45, 2.75) is 38.8 Å². The zero-order valence-corrected chi connectivity index (χ0v) is 10.1. The molecule has 0 aliphatic carbocycles. The van der Waals surface area contributed by atoms with Gasteiger partial charge in [0, 0.05) is 0 Å². The lowest BCUT2D eigenvalue weighted by molar-refractivity contribution is -0.156. The van der Waals surface area contributed by atoms with Gasteiger partial charge < -0.3 is 20.8 Å². The predicted molar refractivity (Wildman–Crippen MR) is 59.0 cm³/mol. The van der Waals surface area contributed by atoms with Crippen molar-refractivity contribution in [3.05, 3.63) is 0 Å². The van der Waals surface area contributed by atoms with E-state index in [1.807, 2.05) is 6.92 Å². The van der Waals surface area contributed by atoms with E-state index < -0.39 is 17.1 Å². The monoisotopic (exact) mass is 232 g/mol. The Morgan fingerprint density at radius 2 is 1.75 bits per heavy atom. The van der Waals surface area contributed by atoms with Crippen LogP contribution in [-0.2, 0) is 9.59 Å². The second-order valence-corrected chi connectivity index (χ2v) is 4.42. The van der Waals surface area contributed by atoms with Gasteiger partial charge in [-0.2, -0.15) is 0 Å². The van der Waals surface area contributed by atoms with E-state index >= 15 is 0 Å². The first-order chi connectivity index (χ1) is 7.13. The molecule has 0 saturated carbocycles. The SMILES string of the molecule is CCNC(C)(C)C(=O)NCC(C)(O)C(=O)O. The summed E-state index contributed by atoms with van der Waals surface area (Å²) in [5.74, 6) is -1.72. The van der Waals surface area contributed by atoms with Crippen molar-refractivity contribution in [3.63, 3.8) is 0 Å². The average Bonchev–Trinajstić information content (AvgIpc) is 2.13. The first kappa shape index (κ1) is 14.9. The number of carboxylic acid groups (broad SMARTS) is 1. The molecule has 0 bridgehead atoms. The van der Waals surface area contributed by atoms with Gasteiger partial charge in [-0.3, -0.25) is 4.79 Å². The standard InChI is InChI=1S/C10H20N2O4/c1-5-12-9(2,3)7(13)11-6-10(4,16)8(14)15/h12,16H,5-6H2,1-4H3,(H,11,13)(H,14,15). The number of likely N-dealkylation sites (N-methyl/N-ethyl adjacent to an activating group) is 1. The molecular formula is C10H20N2O4. The normalized spacial score (nSPS) is 15.3. The zero-order chi connectivity index (χ0) is 13.0. The van der Waals surface area contributed by atoms with Gasteiger partial charge in [0.1, 0.15) is 0 Å². The number of carbonyl (C=O) groups is 2. The summed E-state index contributed by atoms with van der Waals surface area (Å²) in [5, 5.41) is 23.4. The van der Waals surface area contributed by atoms with Gasteiger partial charge in [0.2, 0.25) is 5.91 Å². The Hall–Kier alpha value is -1.14. The lowest BCUT2D eigenvalue weighted by atomic mass is 10.0. The summed E-state index contributed by atoms with van der Waals surface area (Å²) in [7, 11) is 0. The molecule has 0 saturated heterocycles. The van der Waals surface area contributed by atoms with Crippen LogP contribution in [0.2, 0.25) is 0 Å². The number of nitrogens with one attached hydrogen (secondary N) is 2. The van der Waals surface area contributed by atoms with Crippen LogP contribution in [0.3, 0.4) is 0 Å². The Balaban J connectivity index is 4.33. The maximum atomic E-state index is 11.6. The van der Waals surface area contributed by atoms with Gasteiger partial charge >= 0.3 is 5.97 Å². The van der Waals surface area contributed by atoms with Gasteiger partial charge in [0.25, 0.3) is 0 Å². The van der Waals surface area contributed by atoms with Crippen molar-refractivity contribution in [3.8, 4) is 0 Å². The van der Waals surface area contributed by atoms with E-state index in [9.17, 15) is 14.7 Å². The van der Waals surface area contributed by atoms with Crippen LogP contribution >= 0.6 is 0 Å². The molecule has 6 heteroatoms. The third-order valence-electron chi connectivity index (χ3n) is 2.24. The van der Waals surface area contributed by atoms with Crippen LogP contribution in [0.5, 0.6) is 0 Å². The fraction of sp³-hybridized carbons (Fsp3) is 0.800. The van der Waals surface area contributed by atoms with Crippen LogP contribution in [0.1, 0.15) is 27.7 Å². The number of hydrogen-bond donors (Lipinski definition) is 4. The third-order valence-corrected chi connectivity index (χ3v) is 2.24. The lowest BCUT2D eigenvalue weighted by Gasteiger charge is -2.26. The van der Waals surface area contributed by atoms with Crippen LogP contribution in [0.25, 0.3) is 0 Å². The molecule has 0 spiro atoms. The number of carbonyl (C=O) groups excluding carboxylic acids is 1. The van der Waals surface area contributed by atoms with Gasteiger partial charge in [-0.25, -0.2) is 4.79 Å². The molecule has 16 heavy (non-hydrogen) atoms. The van der Waals surface area contributed by atoms with Crippen molar-refractivity contribution in [2.75, 3.05) is 13.1 Å². The largest absolute Gasteiger partial charge is 0.479 e. The fourth-order valence-corrected chi connectivity index (χ4v) is 1.07. The number of rotatable bonds is 6. The maximum Gasteiger partial charge on any atom is 0.337 e. The molecule has 1 atom stereocenters. The molecule has 0 rings (SSSR count). The molecular weight excluding hydrogens is 212 g/mol. The minimum atomic E-state index is -1.95. The molecule has 0 radical (unpaired) electrons. The molecule has 0 aromatic rings. The van der Waals surface area contributed by atoms with E-state index in [0.717, 1.165) is 6.92 Å². The second kappa shape index (κ2) is 5.27. The summed E-state index contributed by atoms with van der Waals surface area (Å²) in [5.41, 5.74) is -2.73. The maximum absolute atomic E-state index is 11.6. The highest BCUT2D eigenvalue weighted by Gasteiger charge is 2.33. The molecule has 0 aliphatic heterocycles. The Morgan fingerprint density at radius 1 is 1.25 bits per heavy atom. The Morgan fingerprint density at radius 3 is 2.12 bits per heavy atom. The second-order valence-electron chi connectivity index (χ2n) is 4.42. The Bertz CT molecular complexity index is 274. The van der Waals surface area contributed by atoms with E-state index in [0.29, 0.717) is 6.54 Å². The van der Waals surface area contributed by atoms with E-state index in [4.69, 9.17) is 5.11 Å². The van der Waals surface area contributed by atoms with E-state index in [-0.39, 0.29) is 12.5 Å². The van der Waals surface area contributed by atoms with Crippen molar-refractivity contribution in [2.24, 2.45) is 0 Å². The van der Waals surface area contributed by atoms with Gasteiger partial charge in [-0.05, 0) is 27.3 Å². The number of aliphatic carboxylic acids is 1. The topological polar surface area (TPSA) is 98.7 Å². The van der Waals surface area contributed by atoms with Crippen LogP contribution in [0.15, 0.2) is 0 Å².